The van der Waals surface area contributed by atoms with Gasteiger partial charge in [0.1, 0.15) is 0 Å². The van der Waals surface area contributed by atoms with Crippen LogP contribution in [0.5, 0.6) is 0 Å². The van der Waals surface area contributed by atoms with Crippen LogP contribution in [0.4, 0.5) is 0 Å². The molecule has 108 valence electrons. The highest BCUT2D eigenvalue weighted by molar-refractivity contribution is 8.18. The first-order valence-electron chi connectivity index (χ1n) is 6.05. The Morgan fingerprint density at radius 1 is 1.33 bits per heavy atom. The van der Waals surface area contributed by atoms with E-state index in [4.69, 9.17) is 0 Å². The second kappa shape index (κ2) is 6.85. The molecule has 1 aromatic carbocycles. The zero-order valence-electron chi connectivity index (χ0n) is 11.5. The number of nitrogens with zero attached hydrogens (tertiary/aromatic N) is 2. The van der Waals surface area contributed by atoms with Crippen molar-refractivity contribution in [3.8, 4) is 0 Å². The van der Waals surface area contributed by atoms with Crippen LogP contribution in [0.25, 0.3) is 0 Å². The summed E-state index contributed by atoms with van der Waals surface area (Å²) in [6, 6.07) is 7.78. The first-order valence-corrected chi connectivity index (χ1v) is 6.86. The molecule has 1 aromatic rings. The van der Waals surface area contributed by atoms with Crippen LogP contribution in [0.1, 0.15) is 11.1 Å². The predicted octanol–water partition coefficient (Wildman–Crippen LogP) is 1.60. The van der Waals surface area contributed by atoms with Gasteiger partial charge in [0.25, 0.3) is 5.91 Å². The third kappa shape index (κ3) is 4.28. The van der Waals surface area contributed by atoms with Gasteiger partial charge in [0.2, 0.25) is 0 Å². The smallest absolute Gasteiger partial charge is 0.331 e. The largest absolute Gasteiger partial charge is 0.466 e. The number of esters is 1. The minimum absolute atomic E-state index is 0.228. The van der Waals surface area contributed by atoms with E-state index in [-0.39, 0.29) is 4.91 Å². The molecule has 0 bridgehead atoms. The molecule has 0 spiro atoms. The molecular formula is C14H13N3O3S. The third-order valence-electron chi connectivity index (χ3n) is 2.53. The van der Waals surface area contributed by atoms with Crippen LogP contribution < -0.4 is 5.32 Å². The van der Waals surface area contributed by atoms with Crippen molar-refractivity contribution in [2.75, 3.05) is 7.11 Å². The highest BCUT2D eigenvalue weighted by Crippen LogP contribution is 2.23. The van der Waals surface area contributed by atoms with Gasteiger partial charge >= 0.3 is 5.97 Å². The minimum atomic E-state index is -0.586. The Morgan fingerprint density at radius 2 is 2.05 bits per heavy atom. The standard InChI is InChI=1S/C14H13N3O3S/c1-9-3-5-10(6-4-9)8-15-17-14-16-13(19)11(21-14)7-12(18)20-2/h3-8H,1-2H3,(H,16,17,19)/b11-7+,15-8+. The van der Waals surface area contributed by atoms with E-state index in [1.807, 2.05) is 31.2 Å². The SMILES string of the molecule is COC(=O)/C=C1/S/C(=N/N=C/c2ccc(C)cc2)NC1=O. The van der Waals surface area contributed by atoms with Gasteiger partial charge in [-0.3, -0.25) is 10.1 Å². The molecule has 1 saturated heterocycles. The van der Waals surface area contributed by atoms with Crippen molar-refractivity contribution in [2.24, 2.45) is 10.2 Å². The van der Waals surface area contributed by atoms with Crippen molar-refractivity contribution >= 4 is 35.0 Å². The van der Waals surface area contributed by atoms with Gasteiger partial charge < -0.3 is 4.74 Å². The average molecular weight is 303 g/mol. The second-order valence-electron chi connectivity index (χ2n) is 4.15. The van der Waals surface area contributed by atoms with Crippen molar-refractivity contribution in [2.45, 2.75) is 6.92 Å². The van der Waals surface area contributed by atoms with Gasteiger partial charge in [-0.2, -0.15) is 5.10 Å². The number of rotatable bonds is 3. The number of benzene rings is 1. The van der Waals surface area contributed by atoms with Gasteiger partial charge in [0.15, 0.2) is 5.17 Å². The fraction of sp³-hybridized carbons (Fsp3) is 0.143. The topological polar surface area (TPSA) is 80.1 Å². The molecule has 0 saturated carbocycles. The van der Waals surface area contributed by atoms with E-state index in [1.54, 1.807) is 6.21 Å². The summed E-state index contributed by atoms with van der Waals surface area (Å²) in [5.41, 5.74) is 2.07. The van der Waals surface area contributed by atoms with E-state index >= 15 is 0 Å². The summed E-state index contributed by atoms with van der Waals surface area (Å²) < 4.78 is 4.47. The zero-order chi connectivity index (χ0) is 15.2. The lowest BCUT2D eigenvalue weighted by Gasteiger charge is -1.93. The maximum Gasteiger partial charge on any atom is 0.331 e. The predicted molar refractivity (Wildman–Crippen MR) is 82.0 cm³/mol. The molecule has 0 radical (unpaired) electrons. The van der Waals surface area contributed by atoms with Crippen LogP contribution in [0, 0.1) is 6.92 Å². The number of carbonyl (C=O) groups is 2. The number of carbonyl (C=O) groups excluding carboxylic acids is 2. The Labute approximate surface area is 126 Å². The maximum absolute atomic E-state index is 11.6. The molecule has 21 heavy (non-hydrogen) atoms. The zero-order valence-corrected chi connectivity index (χ0v) is 12.3. The Kier molecular flexibility index (Phi) is 4.89. The summed E-state index contributed by atoms with van der Waals surface area (Å²) in [7, 11) is 1.25. The van der Waals surface area contributed by atoms with Crippen molar-refractivity contribution in [3.05, 3.63) is 46.4 Å². The lowest BCUT2D eigenvalue weighted by Crippen LogP contribution is -2.19. The molecule has 1 amide bonds. The Morgan fingerprint density at radius 3 is 2.71 bits per heavy atom. The molecular weight excluding hydrogens is 290 g/mol. The summed E-state index contributed by atoms with van der Waals surface area (Å²) in [4.78, 5) is 22.9. The van der Waals surface area contributed by atoms with Gasteiger partial charge in [0.05, 0.1) is 18.2 Å². The van der Waals surface area contributed by atoms with Crippen molar-refractivity contribution in [1.29, 1.82) is 0 Å². The summed E-state index contributed by atoms with van der Waals surface area (Å²) in [6.07, 6.45) is 2.70. The second-order valence-corrected chi connectivity index (χ2v) is 5.18. The lowest BCUT2D eigenvalue weighted by molar-refractivity contribution is -0.135. The number of amides is 1. The molecule has 6 nitrogen and oxygen atoms in total. The van der Waals surface area contributed by atoms with E-state index in [9.17, 15) is 9.59 Å². The van der Waals surface area contributed by atoms with E-state index in [0.717, 1.165) is 29.0 Å². The number of aryl methyl sites for hydroxylation is 1. The van der Waals surface area contributed by atoms with Crippen LogP contribution in [-0.4, -0.2) is 30.4 Å². The fourth-order valence-corrected chi connectivity index (χ4v) is 2.18. The molecule has 1 aliphatic heterocycles. The van der Waals surface area contributed by atoms with Gasteiger partial charge in [-0.15, -0.1) is 5.10 Å². The molecule has 0 atom stereocenters. The van der Waals surface area contributed by atoms with E-state index in [2.05, 4.69) is 20.3 Å². The minimum Gasteiger partial charge on any atom is -0.466 e. The molecule has 1 fully saturated rings. The highest BCUT2D eigenvalue weighted by atomic mass is 32.2. The number of amidine groups is 1. The highest BCUT2D eigenvalue weighted by Gasteiger charge is 2.24. The normalized spacial score (nSPS) is 18.5. The van der Waals surface area contributed by atoms with Gasteiger partial charge in [-0.25, -0.2) is 4.79 Å². The van der Waals surface area contributed by atoms with Gasteiger partial charge in [0, 0.05) is 6.08 Å². The van der Waals surface area contributed by atoms with Crippen molar-refractivity contribution < 1.29 is 14.3 Å². The van der Waals surface area contributed by atoms with Crippen molar-refractivity contribution in [1.82, 2.24) is 5.32 Å². The molecule has 2 rings (SSSR count). The van der Waals surface area contributed by atoms with Gasteiger partial charge in [-0.1, -0.05) is 29.8 Å². The molecule has 7 heteroatoms. The fourth-order valence-electron chi connectivity index (χ4n) is 1.44. The molecule has 0 aliphatic carbocycles. The maximum atomic E-state index is 11.6. The number of hydrogen-bond acceptors (Lipinski definition) is 6. The quantitative estimate of drug-likeness (QED) is 0.398. The Bertz CT molecular complexity index is 648. The molecule has 0 aromatic heterocycles. The monoisotopic (exact) mass is 303 g/mol. The van der Waals surface area contributed by atoms with E-state index in [0.29, 0.717) is 5.17 Å². The molecule has 1 aliphatic rings. The van der Waals surface area contributed by atoms with Crippen LogP contribution >= 0.6 is 11.8 Å². The van der Waals surface area contributed by atoms with Crippen LogP contribution in [-0.2, 0) is 14.3 Å². The lowest BCUT2D eigenvalue weighted by atomic mass is 10.2. The van der Waals surface area contributed by atoms with Crippen LogP contribution in [0.15, 0.2) is 45.4 Å². The molecule has 1 N–H and O–H groups in total. The summed E-state index contributed by atoms with van der Waals surface area (Å²) >= 11 is 1.04. The Hall–Kier alpha value is -2.41. The average Bonchev–Trinajstić information content (AvgIpc) is 2.81. The number of nitrogens with one attached hydrogen (secondary N) is 1. The molecule has 0 unspecified atom stereocenters. The number of thioether (sulfide) groups is 1. The first-order chi connectivity index (χ1) is 10.1. The third-order valence-corrected chi connectivity index (χ3v) is 3.43. The van der Waals surface area contributed by atoms with Crippen LogP contribution in [0.2, 0.25) is 0 Å². The summed E-state index contributed by atoms with van der Waals surface area (Å²) in [5, 5.41) is 10.6. The summed E-state index contributed by atoms with van der Waals surface area (Å²) in [5.74, 6) is -0.980. The first kappa shape index (κ1) is 15.0. The number of ether oxygens (including phenoxy) is 1. The Balaban J connectivity index is 2.03. The van der Waals surface area contributed by atoms with Crippen LogP contribution in [0.3, 0.4) is 0 Å². The number of methoxy groups -OCH3 is 1. The summed E-state index contributed by atoms with van der Waals surface area (Å²) in [6.45, 7) is 2.00. The van der Waals surface area contributed by atoms with E-state index in [1.165, 1.54) is 7.11 Å². The molecule has 1 heterocycles. The van der Waals surface area contributed by atoms with Gasteiger partial charge in [-0.05, 0) is 24.2 Å². The van der Waals surface area contributed by atoms with E-state index < -0.39 is 11.9 Å². The number of hydrogen-bond donors (Lipinski definition) is 1. The van der Waals surface area contributed by atoms with Crippen molar-refractivity contribution in [3.63, 3.8) is 0 Å².